The third-order valence-electron chi connectivity index (χ3n) is 6.03. The maximum atomic E-state index is 13.1. The minimum absolute atomic E-state index is 0.0355. The third kappa shape index (κ3) is 5.31. The minimum atomic E-state index is -0.551. The van der Waals surface area contributed by atoms with Crippen LogP contribution in [-0.2, 0) is 6.54 Å². The summed E-state index contributed by atoms with van der Waals surface area (Å²) in [7, 11) is 1.79. The molecule has 1 unspecified atom stereocenters. The maximum Gasteiger partial charge on any atom is 0.255 e. The van der Waals surface area contributed by atoms with Gasteiger partial charge >= 0.3 is 0 Å². The van der Waals surface area contributed by atoms with Gasteiger partial charge in [0.25, 0.3) is 5.91 Å². The summed E-state index contributed by atoms with van der Waals surface area (Å²) in [4.78, 5) is 15.1. The number of ether oxygens (including phenoxy) is 2. The first-order valence-corrected chi connectivity index (χ1v) is 11.1. The zero-order valence-corrected chi connectivity index (χ0v) is 18.3. The highest BCUT2D eigenvalue weighted by molar-refractivity contribution is 5.99. The summed E-state index contributed by atoms with van der Waals surface area (Å²) in [5.41, 5.74) is 2.21. The monoisotopic (exact) mass is 443 g/mol. The first-order chi connectivity index (χ1) is 15.5. The summed E-state index contributed by atoms with van der Waals surface area (Å²) in [6.07, 6.45) is 0.967. The van der Waals surface area contributed by atoms with E-state index in [1.54, 1.807) is 25.2 Å². The molecule has 0 radical (unpaired) electrons. The van der Waals surface area contributed by atoms with Gasteiger partial charge in [0, 0.05) is 50.8 Å². The molecule has 1 amide bonds. The van der Waals surface area contributed by atoms with E-state index in [2.05, 4.69) is 15.5 Å². The number of nitrogens with zero attached hydrogens (tertiary/aromatic N) is 1. The van der Waals surface area contributed by atoms with Crippen LogP contribution in [0.4, 0.5) is 10.1 Å². The van der Waals surface area contributed by atoms with Crippen LogP contribution in [0.25, 0.3) is 0 Å². The molecule has 2 aliphatic heterocycles. The van der Waals surface area contributed by atoms with Crippen LogP contribution in [0.1, 0.15) is 28.8 Å². The fraction of sp³-hybridized carbons (Fsp3) is 0.458. The van der Waals surface area contributed by atoms with Crippen molar-refractivity contribution in [1.82, 2.24) is 10.2 Å². The molecule has 2 atom stereocenters. The molecule has 3 N–H and O–H groups in total. The molecule has 7 nitrogen and oxygen atoms in total. The number of aliphatic hydroxyl groups is 1. The molecule has 2 aliphatic rings. The van der Waals surface area contributed by atoms with Gasteiger partial charge in [-0.25, -0.2) is 4.39 Å². The molecule has 8 heteroatoms. The number of nitrogens with one attached hydrogen (secondary N) is 2. The lowest BCUT2D eigenvalue weighted by molar-refractivity contribution is 0.0190. The van der Waals surface area contributed by atoms with E-state index < -0.39 is 6.10 Å². The summed E-state index contributed by atoms with van der Waals surface area (Å²) in [6, 6.07) is 10.0. The quantitative estimate of drug-likeness (QED) is 0.637. The highest BCUT2D eigenvalue weighted by Gasteiger charge is 2.29. The smallest absolute Gasteiger partial charge is 0.255 e. The van der Waals surface area contributed by atoms with Gasteiger partial charge in [-0.1, -0.05) is 12.1 Å². The standard InChI is InChI=1S/C24H30FN3O4/c1-26-19-11-20(23-22(12-19)31-9-2-10-32-23)24(30)27-13-17-7-8-28(15-21(17)29)14-16-3-5-18(25)6-4-16/h3-6,11-12,17,21,26,29H,2,7-10,13-15H2,1H3,(H,27,30)/t17-,21?/m0/s1. The number of likely N-dealkylation sites (tertiary alicyclic amines) is 1. The van der Waals surface area contributed by atoms with Crippen molar-refractivity contribution in [1.29, 1.82) is 0 Å². The first kappa shape index (κ1) is 22.4. The molecule has 0 bridgehead atoms. The van der Waals surface area contributed by atoms with Crippen LogP contribution < -0.4 is 20.1 Å². The van der Waals surface area contributed by atoms with Gasteiger partial charge in [0.15, 0.2) is 11.5 Å². The van der Waals surface area contributed by atoms with Crippen molar-refractivity contribution in [3.63, 3.8) is 0 Å². The molecule has 0 spiro atoms. The highest BCUT2D eigenvalue weighted by atomic mass is 19.1. The minimum Gasteiger partial charge on any atom is -0.489 e. The predicted molar refractivity (Wildman–Crippen MR) is 120 cm³/mol. The lowest BCUT2D eigenvalue weighted by Gasteiger charge is -2.36. The van der Waals surface area contributed by atoms with Crippen LogP contribution in [-0.4, -0.2) is 61.9 Å². The maximum absolute atomic E-state index is 13.1. The molecular formula is C24H30FN3O4. The zero-order chi connectivity index (χ0) is 22.5. The van der Waals surface area contributed by atoms with Crippen LogP contribution in [0.2, 0.25) is 0 Å². The van der Waals surface area contributed by atoms with Gasteiger partial charge in [0.05, 0.1) is 24.9 Å². The number of carbonyl (C=O) groups is 1. The SMILES string of the molecule is CNc1cc2c(c(C(=O)NC[C@@H]3CCN(Cc4ccc(F)cc4)CC3O)c1)OCCCO2. The molecule has 4 rings (SSSR count). The van der Waals surface area contributed by atoms with Crippen molar-refractivity contribution in [3.8, 4) is 11.5 Å². The number of benzene rings is 2. The Bertz CT molecular complexity index is 938. The zero-order valence-electron chi connectivity index (χ0n) is 18.3. The fourth-order valence-corrected chi connectivity index (χ4v) is 4.18. The third-order valence-corrected chi connectivity index (χ3v) is 6.03. The van der Waals surface area contributed by atoms with E-state index in [-0.39, 0.29) is 17.6 Å². The molecular weight excluding hydrogens is 413 g/mol. The number of halogens is 1. The topological polar surface area (TPSA) is 83.1 Å². The Kier molecular flexibility index (Phi) is 7.12. The Hall–Kier alpha value is -2.84. The van der Waals surface area contributed by atoms with Gasteiger partial charge in [0.1, 0.15) is 5.82 Å². The summed E-state index contributed by atoms with van der Waals surface area (Å²) in [5, 5.41) is 16.7. The van der Waals surface area contributed by atoms with E-state index in [9.17, 15) is 14.3 Å². The lowest BCUT2D eigenvalue weighted by Crippen LogP contribution is -2.47. The Morgan fingerprint density at radius 1 is 1.22 bits per heavy atom. The molecule has 1 fully saturated rings. The molecule has 0 aromatic heterocycles. The normalized spacial score (nSPS) is 21.0. The summed E-state index contributed by atoms with van der Waals surface area (Å²) >= 11 is 0. The van der Waals surface area contributed by atoms with E-state index in [4.69, 9.17) is 9.47 Å². The number of hydrogen-bond acceptors (Lipinski definition) is 6. The van der Waals surface area contributed by atoms with Gasteiger partial charge in [-0.05, 0) is 36.7 Å². The molecule has 172 valence electrons. The van der Waals surface area contributed by atoms with Crippen LogP contribution in [0.3, 0.4) is 0 Å². The number of carbonyl (C=O) groups excluding carboxylic acids is 1. The van der Waals surface area contributed by atoms with E-state index in [1.807, 2.05) is 6.07 Å². The predicted octanol–water partition coefficient (Wildman–Crippen LogP) is 2.64. The van der Waals surface area contributed by atoms with Crippen molar-refractivity contribution in [3.05, 3.63) is 53.3 Å². The molecule has 1 saturated heterocycles. The van der Waals surface area contributed by atoms with Crippen molar-refractivity contribution in [2.45, 2.75) is 25.5 Å². The Morgan fingerprint density at radius 3 is 2.75 bits per heavy atom. The number of aliphatic hydroxyl groups excluding tert-OH is 1. The number of β-amino-alcohol motifs (C(OH)–C–C–N with tert-alkyl or cyclic N) is 1. The molecule has 2 aromatic rings. The van der Waals surface area contributed by atoms with Gasteiger partial charge in [-0.3, -0.25) is 9.69 Å². The number of anilines is 1. The number of rotatable bonds is 6. The molecule has 0 aliphatic carbocycles. The molecule has 2 heterocycles. The second kappa shape index (κ2) is 10.2. The van der Waals surface area contributed by atoms with Crippen LogP contribution >= 0.6 is 0 Å². The summed E-state index contributed by atoms with van der Waals surface area (Å²) in [6.45, 7) is 3.40. The van der Waals surface area contributed by atoms with Gasteiger partial charge < -0.3 is 25.2 Å². The molecule has 2 aromatic carbocycles. The van der Waals surface area contributed by atoms with E-state index in [1.165, 1.54) is 12.1 Å². The van der Waals surface area contributed by atoms with Crippen LogP contribution in [0.5, 0.6) is 11.5 Å². The van der Waals surface area contributed by atoms with Gasteiger partial charge in [-0.2, -0.15) is 0 Å². The highest BCUT2D eigenvalue weighted by Crippen LogP contribution is 2.36. The summed E-state index contributed by atoms with van der Waals surface area (Å²) in [5.74, 6) is 0.496. The van der Waals surface area contributed by atoms with E-state index >= 15 is 0 Å². The average Bonchev–Trinajstić information content (AvgIpc) is 3.04. The number of hydrogen-bond donors (Lipinski definition) is 3. The van der Waals surface area contributed by atoms with Crippen molar-refractivity contribution in [2.24, 2.45) is 5.92 Å². The average molecular weight is 444 g/mol. The second-order valence-electron chi connectivity index (χ2n) is 8.34. The van der Waals surface area contributed by atoms with Crippen molar-refractivity contribution >= 4 is 11.6 Å². The molecule has 0 saturated carbocycles. The van der Waals surface area contributed by atoms with Gasteiger partial charge in [-0.15, -0.1) is 0 Å². The van der Waals surface area contributed by atoms with Gasteiger partial charge in [0.2, 0.25) is 0 Å². The van der Waals surface area contributed by atoms with Crippen molar-refractivity contribution in [2.75, 3.05) is 45.2 Å². The number of fused-ring (bicyclic) bond motifs is 1. The van der Waals surface area contributed by atoms with Crippen LogP contribution in [0.15, 0.2) is 36.4 Å². The van der Waals surface area contributed by atoms with Crippen LogP contribution in [0, 0.1) is 11.7 Å². The summed E-state index contributed by atoms with van der Waals surface area (Å²) < 4.78 is 24.6. The Balaban J connectivity index is 1.35. The number of amides is 1. The molecule has 32 heavy (non-hydrogen) atoms. The van der Waals surface area contributed by atoms with E-state index in [0.29, 0.717) is 49.9 Å². The first-order valence-electron chi connectivity index (χ1n) is 11.1. The largest absolute Gasteiger partial charge is 0.489 e. The fourth-order valence-electron chi connectivity index (χ4n) is 4.18. The second-order valence-corrected chi connectivity index (χ2v) is 8.34. The number of piperidine rings is 1. The van der Waals surface area contributed by atoms with E-state index in [0.717, 1.165) is 30.6 Å². The lowest BCUT2D eigenvalue weighted by atomic mass is 9.93. The van der Waals surface area contributed by atoms with Crippen molar-refractivity contribution < 1.29 is 23.8 Å². The Labute approximate surface area is 187 Å². The Morgan fingerprint density at radius 2 is 2.00 bits per heavy atom.